The van der Waals surface area contributed by atoms with Crippen molar-refractivity contribution in [3.63, 3.8) is 0 Å². The van der Waals surface area contributed by atoms with Crippen LogP contribution >= 0.6 is 36.2 Å². The van der Waals surface area contributed by atoms with E-state index >= 15 is 0 Å². The Bertz CT molecular complexity index is 610. The molecule has 0 saturated carbocycles. The second-order valence-electron chi connectivity index (χ2n) is 4.52. The van der Waals surface area contributed by atoms with Crippen molar-refractivity contribution < 1.29 is 9.18 Å². The molecule has 0 aliphatic carbocycles. The number of benzene rings is 1. The molecule has 0 spiro atoms. The van der Waals surface area contributed by atoms with E-state index in [1.54, 1.807) is 18.2 Å². The zero-order valence-electron chi connectivity index (χ0n) is 12.7. The van der Waals surface area contributed by atoms with Crippen LogP contribution in [0.25, 0.3) is 10.6 Å². The van der Waals surface area contributed by atoms with Gasteiger partial charge in [-0.05, 0) is 25.1 Å². The Morgan fingerprint density at radius 1 is 1.22 bits per heavy atom. The highest BCUT2D eigenvalue weighted by molar-refractivity contribution is 7.16. The summed E-state index contributed by atoms with van der Waals surface area (Å²) < 4.78 is 13.7. The lowest BCUT2D eigenvalue weighted by atomic mass is 10.2. The molecule has 1 aromatic carbocycles. The van der Waals surface area contributed by atoms with E-state index < -0.39 is 0 Å². The van der Waals surface area contributed by atoms with Gasteiger partial charge in [-0.2, -0.15) is 0 Å². The molecule has 4 nitrogen and oxygen atoms in total. The third-order valence-electron chi connectivity index (χ3n) is 2.85. The number of thiazole rings is 1. The van der Waals surface area contributed by atoms with Crippen molar-refractivity contribution in [1.29, 1.82) is 0 Å². The Kier molecular flexibility index (Phi) is 10.7. The SMILES string of the molecule is CCCNCCNC(=O)c1cnc(-c2ccccc2F)s1.Cl.Cl. The van der Waals surface area contributed by atoms with E-state index in [1.165, 1.54) is 23.6 Å². The van der Waals surface area contributed by atoms with E-state index in [0.717, 1.165) is 19.5 Å². The minimum atomic E-state index is -0.331. The first kappa shape index (κ1) is 21.8. The van der Waals surface area contributed by atoms with Gasteiger partial charge in [0.05, 0.1) is 6.20 Å². The van der Waals surface area contributed by atoms with E-state index in [-0.39, 0.29) is 36.5 Å². The molecule has 0 aliphatic rings. The molecule has 2 rings (SSSR count). The second-order valence-corrected chi connectivity index (χ2v) is 5.55. The Hall–Kier alpha value is -1.21. The molecule has 0 bridgehead atoms. The number of halogens is 3. The molecule has 0 saturated heterocycles. The van der Waals surface area contributed by atoms with Gasteiger partial charge in [0.2, 0.25) is 0 Å². The normalized spacial score (nSPS) is 9.65. The van der Waals surface area contributed by atoms with E-state index in [1.807, 2.05) is 0 Å². The molecule has 0 fully saturated rings. The summed E-state index contributed by atoms with van der Waals surface area (Å²) in [5.74, 6) is -0.504. The molecular weight excluding hydrogens is 360 g/mol. The largest absolute Gasteiger partial charge is 0.350 e. The molecule has 1 amide bonds. The van der Waals surface area contributed by atoms with Crippen molar-refractivity contribution in [2.24, 2.45) is 0 Å². The smallest absolute Gasteiger partial charge is 0.263 e. The first-order valence-electron chi connectivity index (χ1n) is 6.92. The third kappa shape index (κ3) is 6.43. The van der Waals surface area contributed by atoms with Gasteiger partial charge >= 0.3 is 0 Å². The summed E-state index contributed by atoms with van der Waals surface area (Å²) in [7, 11) is 0. The lowest BCUT2D eigenvalue weighted by Gasteiger charge is -2.04. The fraction of sp³-hybridized carbons (Fsp3) is 0.333. The van der Waals surface area contributed by atoms with E-state index in [9.17, 15) is 9.18 Å². The average Bonchev–Trinajstić information content (AvgIpc) is 2.97. The van der Waals surface area contributed by atoms with Crippen LogP contribution in [0.15, 0.2) is 30.5 Å². The zero-order valence-corrected chi connectivity index (χ0v) is 15.1. The zero-order chi connectivity index (χ0) is 15.1. The van der Waals surface area contributed by atoms with Gasteiger partial charge in [0, 0.05) is 18.7 Å². The predicted octanol–water partition coefficient (Wildman–Crippen LogP) is 3.52. The van der Waals surface area contributed by atoms with Crippen LogP contribution in [-0.4, -0.2) is 30.5 Å². The number of aromatic nitrogens is 1. The molecule has 1 heterocycles. The second kappa shape index (κ2) is 11.3. The van der Waals surface area contributed by atoms with Crippen LogP contribution in [0.2, 0.25) is 0 Å². The highest BCUT2D eigenvalue weighted by Gasteiger charge is 2.13. The molecule has 0 unspecified atom stereocenters. The number of rotatable bonds is 7. The Morgan fingerprint density at radius 3 is 2.65 bits per heavy atom. The highest BCUT2D eigenvalue weighted by atomic mass is 35.5. The monoisotopic (exact) mass is 379 g/mol. The summed E-state index contributed by atoms with van der Waals surface area (Å²) in [6, 6.07) is 6.42. The number of nitrogens with zero attached hydrogens (tertiary/aromatic N) is 1. The van der Waals surface area contributed by atoms with Crippen LogP contribution in [0.5, 0.6) is 0 Å². The number of amides is 1. The van der Waals surface area contributed by atoms with Gasteiger partial charge in [0.25, 0.3) is 5.91 Å². The summed E-state index contributed by atoms with van der Waals surface area (Å²) in [6.07, 6.45) is 2.55. The first-order valence-corrected chi connectivity index (χ1v) is 7.73. The molecule has 0 radical (unpaired) electrons. The maximum absolute atomic E-state index is 13.7. The number of hydrogen-bond donors (Lipinski definition) is 2. The number of hydrogen-bond acceptors (Lipinski definition) is 4. The van der Waals surface area contributed by atoms with Crippen LogP contribution in [0, 0.1) is 5.82 Å². The molecule has 0 atom stereocenters. The van der Waals surface area contributed by atoms with Crippen molar-refractivity contribution >= 4 is 42.1 Å². The van der Waals surface area contributed by atoms with Crippen LogP contribution in [0.3, 0.4) is 0 Å². The minimum Gasteiger partial charge on any atom is -0.350 e. The Labute approximate surface area is 151 Å². The maximum atomic E-state index is 13.7. The van der Waals surface area contributed by atoms with Crippen LogP contribution in [-0.2, 0) is 0 Å². The molecule has 1 aromatic heterocycles. The topological polar surface area (TPSA) is 54.0 Å². The number of nitrogens with one attached hydrogen (secondary N) is 2. The van der Waals surface area contributed by atoms with E-state index in [0.29, 0.717) is 22.0 Å². The molecule has 2 aromatic rings. The van der Waals surface area contributed by atoms with Crippen molar-refractivity contribution in [3.05, 3.63) is 41.2 Å². The van der Waals surface area contributed by atoms with Gasteiger partial charge in [-0.3, -0.25) is 4.79 Å². The summed E-state index contributed by atoms with van der Waals surface area (Å²) in [5, 5.41) is 6.53. The summed E-state index contributed by atoms with van der Waals surface area (Å²) >= 11 is 1.19. The van der Waals surface area contributed by atoms with Gasteiger partial charge < -0.3 is 10.6 Å². The van der Waals surface area contributed by atoms with Gasteiger partial charge in [-0.25, -0.2) is 9.37 Å². The predicted molar refractivity (Wildman–Crippen MR) is 97.5 cm³/mol. The Morgan fingerprint density at radius 2 is 1.96 bits per heavy atom. The summed E-state index contributed by atoms with van der Waals surface area (Å²) in [4.78, 5) is 16.6. The van der Waals surface area contributed by atoms with Gasteiger partial charge in [0.15, 0.2) is 0 Å². The fourth-order valence-corrected chi connectivity index (χ4v) is 2.65. The highest BCUT2D eigenvalue weighted by Crippen LogP contribution is 2.27. The standard InChI is InChI=1S/C15H18FN3OS.2ClH/c1-2-7-17-8-9-18-14(20)13-10-19-15(21-13)11-5-3-4-6-12(11)16;;/h3-6,10,17H,2,7-9H2,1H3,(H,18,20);2*1H. The minimum absolute atomic E-state index is 0. The molecule has 8 heteroatoms. The van der Waals surface area contributed by atoms with E-state index in [4.69, 9.17) is 0 Å². The van der Waals surface area contributed by atoms with Crippen molar-refractivity contribution in [3.8, 4) is 10.6 Å². The van der Waals surface area contributed by atoms with Crippen molar-refractivity contribution in [2.45, 2.75) is 13.3 Å². The molecule has 2 N–H and O–H groups in total. The van der Waals surface area contributed by atoms with Gasteiger partial charge in [-0.1, -0.05) is 19.1 Å². The van der Waals surface area contributed by atoms with Gasteiger partial charge in [-0.15, -0.1) is 36.2 Å². The van der Waals surface area contributed by atoms with Crippen LogP contribution in [0.1, 0.15) is 23.0 Å². The fourth-order valence-electron chi connectivity index (χ4n) is 1.79. The average molecular weight is 380 g/mol. The number of carbonyl (C=O) groups excluding carboxylic acids is 1. The van der Waals surface area contributed by atoms with Gasteiger partial charge in [0.1, 0.15) is 15.7 Å². The van der Waals surface area contributed by atoms with Crippen molar-refractivity contribution in [1.82, 2.24) is 15.6 Å². The van der Waals surface area contributed by atoms with Crippen LogP contribution < -0.4 is 10.6 Å². The molecule has 0 aliphatic heterocycles. The molecule has 23 heavy (non-hydrogen) atoms. The van der Waals surface area contributed by atoms with E-state index in [2.05, 4.69) is 22.5 Å². The summed E-state index contributed by atoms with van der Waals surface area (Å²) in [6.45, 7) is 4.32. The summed E-state index contributed by atoms with van der Waals surface area (Å²) in [5.41, 5.74) is 0.422. The lowest BCUT2D eigenvalue weighted by Crippen LogP contribution is -2.31. The lowest BCUT2D eigenvalue weighted by molar-refractivity contribution is 0.0958. The quantitative estimate of drug-likeness (QED) is 0.723. The first-order chi connectivity index (χ1) is 10.2. The van der Waals surface area contributed by atoms with Crippen LogP contribution in [0.4, 0.5) is 4.39 Å². The molecular formula is C15H20Cl2FN3OS. The third-order valence-corrected chi connectivity index (χ3v) is 3.88. The van der Waals surface area contributed by atoms with Crippen molar-refractivity contribution in [2.75, 3.05) is 19.6 Å². The molecule has 128 valence electrons. The number of carbonyl (C=O) groups is 1. The Balaban J connectivity index is 0.00000242. The maximum Gasteiger partial charge on any atom is 0.263 e.